The lowest BCUT2D eigenvalue weighted by molar-refractivity contribution is 0.0775. The van der Waals surface area contributed by atoms with Gasteiger partial charge in [-0.2, -0.15) is 0 Å². The second-order valence-electron chi connectivity index (χ2n) is 9.35. The van der Waals surface area contributed by atoms with E-state index in [4.69, 9.17) is 0 Å². The standard InChI is InChI=1S/C24H40N4O3/c1-7-27(8-2)19-10-12-28(14-19)24(31)21-16-26(11-9-17(3)4)15-20(22(21)29)23(30)25-13-18(5)6/h15-19H,7-14H2,1-6H3,(H,25,30)/t19-/m1/s1. The number of carbonyl (C=O) groups excluding carboxylic acids is 2. The third-order valence-corrected chi connectivity index (χ3v) is 5.97. The van der Waals surface area contributed by atoms with Gasteiger partial charge in [0.05, 0.1) is 0 Å². The molecule has 1 aliphatic heterocycles. The number of amides is 2. The van der Waals surface area contributed by atoms with Crippen molar-refractivity contribution in [3.05, 3.63) is 33.7 Å². The minimum absolute atomic E-state index is 0.0507. The van der Waals surface area contributed by atoms with Crippen molar-refractivity contribution in [3.63, 3.8) is 0 Å². The largest absolute Gasteiger partial charge is 0.352 e. The summed E-state index contributed by atoms with van der Waals surface area (Å²) >= 11 is 0. The van der Waals surface area contributed by atoms with Crippen molar-refractivity contribution in [2.45, 2.75) is 67.0 Å². The quantitative estimate of drug-likeness (QED) is 0.617. The summed E-state index contributed by atoms with van der Waals surface area (Å²) in [7, 11) is 0. The Morgan fingerprint density at radius 2 is 1.74 bits per heavy atom. The predicted molar refractivity (Wildman–Crippen MR) is 125 cm³/mol. The molecule has 1 aliphatic rings. The van der Waals surface area contributed by atoms with Gasteiger partial charge in [-0.15, -0.1) is 0 Å². The molecule has 2 heterocycles. The minimum atomic E-state index is -0.474. The lowest BCUT2D eigenvalue weighted by atomic mass is 10.1. The first-order chi connectivity index (χ1) is 14.7. The second-order valence-corrected chi connectivity index (χ2v) is 9.35. The normalized spacial score (nSPS) is 16.5. The van der Waals surface area contributed by atoms with Crippen LogP contribution in [0, 0.1) is 11.8 Å². The smallest absolute Gasteiger partial charge is 0.259 e. The molecule has 0 radical (unpaired) electrons. The SMILES string of the molecule is CCN(CC)[C@@H]1CCN(C(=O)c2cn(CCC(C)C)cc(C(=O)NCC(C)C)c2=O)C1. The number of nitrogens with one attached hydrogen (secondary N) is 1. The highest BCUT2D eigenvalue weighted by atomic mass is 16.2. The summed E-state index contributed by atoms with van der Waals surface area (Å²) in [6, 6.07) is 0.319. The molecule has 1 saturated heterocycles. The summed E-state index contributed by atoms with van der Waals surface area (Å²) in [6.45, 7) is 16.8. The van der Waals surface area contributed by atoms with Gasteiger partial charge in [0.2, 0.25) is 5.43 Å². The zero-order valence-electron chi connectivity index (χ0n) is 20.1. The van der Waals surface area contributed by atoms with Crippen LogP contribution in [-0.2, 0) is 6.54 Å². The van der Waals surface area contributed by atoms with E-state index >= 15 is 0 Å². The second kappa shape index (κ2) is 11.5. The van der Waals surface area contributed by atoms with E-state index in [0.29, 0.717) is 38.1 Å². The summed E-state index contributed by atoms with van der Waals surface area (Å²) in [5, 5.41) is 2.82. The number of hydrogen-bond donors (Lipinski definition) is 1. The highest BCUT2D eigenvalue weighted by Crippen LogP contribution is 2.18. The predicted octanol–water partition coefficient (Wildman–Crippen LogP) is 2.84. The van der Waals surface area contributed by atoms with E-state index in [0.717, 1.165) is 25.9 Å². The van der Waals surface area contributed by atoms with Crippen LogP contribution in [0.5, 0.6) is 0 Å². The van der Waals surface area contributed by atoms with Crippen molar-refractivity contribution in [3.8, 4) is 0 Å². The van der Waals surface area contributed by atoms with E-state index in [1.165, 1.54) is 0 Å². The number of aryl methyl sites for hydroxylation is 1. The average molecular weight is 433 g/mol. The molecule has 1 atom stereocenters. The Morgan fingerprint density at radius 3 is 2.32 bits per heavy atom. The fourth-order valence-corrected chi connectivity index (χ4v) is 4.01. The molecule has 1 N–H and O–H groups in total. The third-order valence-electron chi connectivity index (χ3n) is 5.97. The van der Waals surface area contributed by atoms with Crippen LogP contribution in [-0.4, -0.2) is 64.9 Å². The number of hydrogen-bond acceptors (Lipinski definition) is 4. The highest BCUT2D eigenvalue weighted by molar-refractivity contribution is 5.99. The molecule has 1 fully saturated rings. The number of likely N-dealkylation sites (N-methyl/N-ethyl adjacent to an activating group) is 1. The van der Waals surface area contributed by atoms with Crippen molar-refractivity contribution in [1.29, 1.82) is 0 Å². The van der Waals surface area contributed by atoms with Gasteiger partial charge in [-0.05, 0) is 37.8 Å². The van der Waals surface area contributed by atoms with Crippen LogP contribution in [0.3, 0.4) is 0 Å². The zero-order valence-corrected chi connectivity index (χ0v) is 20.1. The molecule has 0 saturated carbocycles. The lowest BCUT2D eigenvalue weighted by Crippen LogP contribution is -2.40. The Labute approximate surface area is 186 Å². The topological polar surface area (TPSA) is 74.7 Å². The molecule has 1 aromatic heterocycles. The van der Waals surface area contributed by atoms with E-state index in [1.807, 2.05) is 18.4 Å². The first-order valence-corrected chi connectivity index (χ1v) is 11.7. The van der Waals surface area contributed by atoms with Gasteiger partial charge < -0.3 is 14.8 Å². The molecule has 7 nitrogen and oxygen atoms in total. The van der Waals surface area contributed by atoms with Crippen LogP contribution in [0.25, 0.3) is 0 Å². The number of nitrogens with zero attached hydrogens (tertiary/aromatic N) is 3. The Bertz CT molecular complexity index is 812. The fraction of sp³-hybridized carbons (Fsp3) is 0.708. The molecular formula is C24H40N4O3. The summed E-state index contributed by atoms with van der Waals surface area (Å²) < 4.78 is 1.83. The molecule has 174 valence electrons. The molecule has 2 amide bonds. The Balaban J connectivity index is 2.32. The van der Waals surface area contributed by atoms with Crippen molar-refractivity contribution in [2.75, 3.05) is 32.7 Å². The van der Waals surface area contributed by atoms with E-state index in [-0.39, 0.29) is 23.0 Å². The number of likely N-dealkylation sites (tertiary alicyclic amines) is 1. The maximum absolute atomic E-state index is 13.3. The van der Waals surface area contributed by atoms with Gasteiger partial charge in [-0.25, -0.2) is 0 Å². The highest BCUT2D eigenvalue weighted by Gasteiger charge is 2.31. The van der Waals surface area contributed by atoms with Gasteiger partial charge >= 0.3 is 0 Å². The Kier molecular flexibility index (Phi) is 9.29. The van der Waals surface area contributed by atoms with Gasteiger partial charge in [0.25, 0.3) is 11.8 Å². The van der Waals surface area contributed by atoms with Crippen LogP contribution < -0.4 is 10.7 Å². The average Bonchev–Trinajstić information content (AvgIpc) is 3.21. The monoisotopic (exact) mass is 432 g/mol. The molecule has 2 rings (SSSR count). The lowest BCUT2D eigenvalue weighted by Gasteiger charge is -2.26. The van der Waals surface area contributed by atoms with E-state index in [2.05, 4.69) is 37.9 Å². The maximum Gasteiger partial charge on any atom is 0.259 e. The van der Waals surface area contributed by atoms with Gasteiger partial charge in [-0.3, -0.25) is 19.3 Å². The van der Waals surface area contributed by atoms with E-state index in [9.17, 15) is 14.4 Å². The summed E-state index contributed by atoms with van der Waals surface area (Å²) in [4.78, 5) is 43.3. The number of carbonyl (C=O) groups is 2. The van der Waals surface area contributed by atoms with E-state index in [1.54, 1.807) is 17.3 Å². The van der Waals surface area contributed by atoms with Gasteiger partial charge in [0.15, 0.2) is 0 Å². The Morgan fingerprint density at radius 1 is 1.10 bits per heavy atom. The van der Waals surface area contributed by atoms with Crippen molar-refractivity contribution in [2.24, 2.45) is 11.8 Å². The first kappa shape index (κ1) is 25.1. The summed E-state index contributed by atoms with van der Waals surface area (Å²) in [6.07, 6.45) is 5.04. The molecule has 0 bridgehead atoms. The number of aromatic nitrogens is 1. The third kappa shape index (κ3) is 6.66. The van der Waals surface area contributed by atoms with E-state index < -0.39 is 11.3 Å². The number of rotatable bonds is 10. The molecule has 0 aromatic carbocycles. The zero-order chi connectivity index (χ0) is 23.1. The maximum atomic E-state index is 13.3. The molecular weight excluding hydrogens is 392 g/mol. The first-order valence-electron chi connectivity index (χ1n) is 11.7. The van der Waals surface area contributed by atoms with Crippen LogP contribution in [0.15, 0.2) is 17.2 Å². The van der Waals surface area contributed by atoms with Gasteiger partial charge in [-0.1, -0.05) is 41.5 Å². The van der Waals surface area contributed by atoms with Crippen molar-refractivity contribution >= 4 is 11.8 Å². The van der Waals surface area contributed by atoms with Gasteiger partial charge in [0, 0.05) is 44.6 Å². The van der Waals surface area contributed by atoms with Crippen LogP contribution in [0.1, 0.15) is 75.1 Å². The molecule has 0 unspecified atom stereocenters. The molecule has 7 heteroatoms. The minimum Gasteiger partial charge on any atom is -0.352 e. The van der Waals surface area contributed by atoms with Crippen LogP contribution in [0.2, 0.25) is 0 Å². The van der Waals surface area contributed by atoms with Crippen LogP contribution in [0.4, 0.5) is 0 Å². The van der Waals surface area contributed by atoms with Crippen LogP contribution >= 0.6 is 0 Å². The Hall–Kier alpha value is -2.15. The molecule has 0 aliphatic carbocycles. The number of pyridine rings is 1. The molecule has 0 spiro atoms. The summed E-state index contributed by atoms with van der Waals surface area (Å²) in [5.74, 6) is 0.0781. The van der Waals surface area contributed by atoms with Crippen molar-refractivity contribution in [1.82, 2.24) is 19.7 Å². The fourth-order valence-electron chi connectivity index (χ4n) is 4.01. The molecule has 1 aromatic rings. The van der Waals surface area contributed by atoms with Crippen molar-refractivity contribution < 1.29 is 9.59 Å². The summed E-state index contributed by atoms with van der Waals surface area (Å²) in [5.41, 5.74) is -0.325. The van der Waals surface area contributed by atoms with Gasteiger partial charge in [0.1, 0.15) is 11.1 Å². The molecule has 31 heavy (non-hydrogen) atoms.